The molecule has 1 saturated carbocycles. The minimum absolute atomic E-state index is 0.0679. The number of aromatic nitrogens is 3. The van der Waals surface area contributed by atoms with Gasteiger partial charge in [-0.1, -0.05) is 5.92 Å². The molecule has 4 rings (SSSR count). The van der Waals surface area contributed by atoms with Crippen molar-refractivity contribution in [2.45, 2.75) is 63.1 Å². The first kappa shape index (κ1) is 21.8. The molecular weight excluding hydrogens is 408 g/mol. The van der Waals surface area contributed by atoms with Crippen LogP contribution in [0.2, 0.25) is 0 Å². The van der Waals surface area contributed by atoms with Crippen LogP contribution < -0.4 is 10.9 Å². The van der Waals surface area contributed by atoms with Crippen molar-refractivity contribution in [2.24, 2.45) is 0 Å². The lowest BCUT2D eigenvalue weighted by Gasteiger charge is -2.32. The summed E-state index contributed by atoms with van der Waals surface area (Å²) in [6.07, 6.45) is 10.6. The summed E-state index contributed by atoms with van der Waals surface area (Å²) in [5.74, 6) is 2.68. The highest BCUT2D eigenvalue weighted by Crippen LogP contribution is 2.39. The lowest BCUT2D eigenvalue weighted by Crippen LogP contribution is -2.42. The molecule has 166 valence electrons. The fourth-order valence-corrected chi connectivity index (χ4v) is 4.76. The maximum absolute atomic E-state index is 13.1. The van der Waals surface area contributed by atoms with Crippen molar-refractivity contribution < 1.29 is 9.90 Å². The molecule has 1 saturated heterocycles. The van der Waals surface area contributed by atoms with Gasteiger partial charge in [0.1, 0.15) is 12.1 Å². The molecule has 1 aliphatic carbocycles. The molecule has 9 nitrogen and oxygen atoms in total. The van der Waals surface area contributed by atoms with E-state index in [1.54, 1.807) is 24.1 Å². The van der Waals surface area contributed by atoms with Gasteiger partial charge in [-0.2, -0.15) is 10.2 Å². The molecule has 0 aromatic carbocycles. The molecule has 2 N–H and O–H groups in total. The van der Waals surface area contributed by atoms with Crippen molar-refractivity contribution in [1.29, 1.82) is 5.26 Å². The third-order valence-electron chi connectivity index (χ3n) is 6.53. The molecule has 2 aliphatic rings. The fraction of sp³-hybridized carbons (Fsp3) is 0.522. The number of anilines is 1. The van der Waals surface area contributed by atoms with Crippen molar-refractivity contribution in [3.63, 3.8) is 0 Å². The van der Waals surface area contributed by atoms with Gasteiger partial charge in [-0.15, -0.1) is 6.42 Å². The molecule has 32 heavy (non-hydrogen) atoms. The second-order valence-electron chi connectivity index (χ2n) is 8.75. The van der Waals surface area contributed by atoms with E-state index in [-0.39, 0.29) is 29.5 Å². The highest BCUT2D eigenvalue weighted by Gasteiger charge is 2.39. The molecule has 0 unspecified atom stereocenters. The first-order valence-corrected chi connectivity index (χ1v) is 10.9. The van der Waals surface area contributed by atoms with Gasteiger partial charge in [-0.05, 0) is 45.1 Å². The van der Waals surface area contributed by atoms with Crippen molar-refractivity contribution in [1.82, 2.24) is 19.4 Å². The van der Waals surface area contributed by atoms with E-state index in [4.69, 9.17) is 11.7 Å². The normalized spacial score (nSPS) is 23.6. The van der Waals surface area contributed by atoms with Crippen LogP contribution in [0.5, 0.6) is 0 Å². The van der Waals surface area contributed by atoms with Crippen LogP contribution in [0.1, 0.15) is 57.1 Å². The van der Waals surface area contributed by atoms with E-state index >= 15 is 0 Å². The molecule has 1 aliphatic heterocycles. The molecule has 0 radical (unpaired) electrons. The van der Waals surface area contributed by atoms with E-state index in [1.165, 1.54) is 4.57 Å². The van der Waals surface area contributed by atoms with E-state index in [0.717, 1.165) is 6.42 Å². The number of nitriles is 1. The van der Waals surface area contributed by atoms with Crippen molar-refractivity contribution in [2.75, 3.05) is 18.4 Å². The second-order valence-corrected chi connectivity index (χ2v) is 8.75. The molecule has 1 amide bonds. The van der Waals surface area contributed by atoms with Crippen LogP contribution in [0, 0.1) is 23.7 Å². The molecular formula is C23H26N6O3. The SMILES string of the molecule is C#Cc1cc2cnc(NC3CCN(C(=O)CC#N)CC3)nc2n([C@@H]2CCC[C@@]2(C)O)c1=O. The Labute approximate surface area is 186 Å². The van der Waals surface area contributed by atoms with Gasteiger partial charge in [-0.3, -0.25) is 14.2 Å². The van der Waals surface area contributed by atoms with Gasteiger partial charge in [0.2, 0.25) is 11.9 Å². The van der Waals surface area contributed by atoms with Crippen molar-refractivity contribution in [3.05, 3.63) is 28.2 Å². The van der Waals surface area contributed by atoms with Crippen LogP contribution in [0.25, 0.3) is 11.0 Å². The third-order valence-corrected chi connectivity index (χ3v) is 6.53. The van der Waals surface area contributed by atoms with Crippen LogP contribution in [-0.4, -0.2) is 55.2 Å². The first-order chi connectivity index (χ1) is 15.3. The summed E-state index contributed by atoms with van der Waals surface area (Å²) in [6, 6.07) is 3.16. The van der Waals surface area contributed by atoms with Crippen LogP contribution in [0.15, 0.2) is 17.1 Å². The quantitative estimate of drug-likeness (QED) is 0.700. The maximum Gasteiger partial charge on any atom is 0.268 e. The van der Waals surface area contributed by atoms with E-state index in [2.05, 4.69) is 21.2 Å². The third kappa shape index (κ3) is 4.04. The zero-order valence-corrected chi connectivity index (χ0v) is 18.0. The summed E-state index contributed by atoms with van der Waals surface area (Å²) in [7, 11) is 0. The molecule has 0 spiro atoms. The average Bonchev–Trinajstić information content (AvgIpc) is 3.12. The van der Waals surface area contributed by atoms with Gasteiger partial charge in [0, 0.05) is 30.7 Å². The number of likely N-dealkylation sites (tertiary alicyclic amines) is 1. The number of piperidine rings is 1. The Hall–Kier alpha value is -3.43. The van der Waals surface area contributed by atoms with Crippen LogP contribution in [-0.2, 0) is 4.79 Å². The Morgan fingerprint density at radius 2 is 2.16 bits per heavy atom. The van der Waals surface area contributed by atoms with Crippen LogP contribution in [0.3, 0.4) is 0 Å². The molecule has 2 fully saturated rings. The summed E-state index contributed by atoms with van der Waals surface area (Å²) in [5, 5.41) is 23.5. The topological polar surface area (TPSA) is 124 Å². The largest absolute Gasteiger partial charge is 0.388 e. The number of hydrogen-bond acceptors (Lipinski definition) is 7. The van der Waals surface area contributed by atoms with E-state index in [9.17, 15) is 14.7 Å². The molecule has 2 atom stereocenters. The zero-order chi connectivity index (χ0) is 22.9. The molecule has 0 bridgehead atoms. The first-order valence-electron chi connectivity index (χ1n) is 10.9. The predicted octanol–water partition coefficient (Wildman–Crippen LogP) is 1.57. The van der Waals surface area contributed by atoms with E-state index in [1.807, 2.05) is 6.07 Å². The van der Waals surface area contributed by atoms with Gasteiger partial charge in [0.05, 0.1) is 23.3 Å². The number of rotatable bonds is 4. The lowest BCUT2D eigenvalue weighted by atomic mass is 9.99. The van der Waals surface area contributed by atoms with E-state index in [0.29, 0.717) is 55.8 Å². The van der Waals surface area contributed by atoms with Gasteiger partial charge >= 0.3 is 0 Å². The standard InChI is InChI=1S/C23H26N6O3/c1-3-15-13-16-14-25-22(26-17-7-11-28(12-8-17)19(30)6-10-24)27-20(16)29(21(15)31)18-5-4-9-23(18,2)32/h1,13-14,17-18,32H,4-9,11-12H2,2H3,(H,25,26,27)/t18-,23-/m1/s1. The summed E-state index contributed by atoms with van der Waals surface area (Å²) >= 11 is 0. The minimum atomic E-state index is -1.02. The number of nitrogens with zero attached hydrogens (tertiary/aromatic N) is 5. The number of pyridine rings is 1. The Morgan fingerprint density at radius 1 is 1.41 bits per heavy atom. The summed E-state index contributed by atoms with van der Waals surface area (Å²) in [5.41, 5.74) is -0.689. The Kier molecular flexibility index (Phi) is 5.86. The Morgan fingerprint density at radius 3 is 2.78 bits per heavy atom. The van der Waals surface area contributed by atoms with E-state index < -0.39 is 11.6 Å². The van der Waals surface area contributed by atoms with Crippen LogP contribution in [0.4, 0.5) is 5.95 Å². The Balaban J connectivity index is 1.62. The monoisotopic (exact) mass is 434 g/mol. The highest BCUT2D eigenvalue weighted by atomic mass is 16.3. The summed E-state index contributed by atoms with van der Waals surface area (Å²) < 4.78 is 1.54. The van der Waals surface area contributed by atoms with Crippen molar-refractivity contribution in [3.8, 4) is 18.4 Å². The fourth-order valence-electron chi connectivity index (χ4n) is 4.76. The second kappa shape index (κ2) is 8.60. The lowest BCUT2D eigenvalue weighted by molar-refractivity contribution is -0.131. The van der Waals surface area contributed by atoms with Gasteiger partial charge in [-0.25, -0.2) is 4.98 Å². The Bertz CT molecular complexity index is 1180. The van der Waals surface area contributed by atoms with Gasteiger partial charge in [0.25, 0.3) is 5.56 Å². The molecule has 2 aromatic rings. The van der Waals surface area contributed by atoms with Gasteiger partial charge < -0.3 is 15.3 Å². The average molecular weight is 435 g/mol. The molecule has 3 heterocycles. The molecule has 2 aromatic heterocycles. The zero-order valence-electron chi connectivity index (χ0n) is 18.0. The number of carbonyl (C=O) groups excluding carboxylic acids is 1. The number of terminal acetylenes is 1. The maximum atomic E-state index is 13.1. The number of hydrogen-bond donors (Lipinski definition) is 2. The number of aliphatic hydroxyl groups is 1. The van der Waals surface area contributed by atoms with Crippen LogP contribution >= 0.6 is 0 Å². The summed E-state index contributed by atoms with van der Waals surface area (Å²) in [6.45, 7) is 2.87. The number of carbonyl (C=O) groups is 1. The smallest absolute Gasteiger partial charge is 0.268 e. The minimum Gasteiger partial charge on any atom is -0.388 e. The number of amides is 1. The predicted molar refractivity (Wildman–Crippen MR) is 119 cm³/mol. The molecule has 9 heteroatoms. The van der Waals surface area contributed by atoms with Gasteiger partial charge in [0.15, 0.2) is 0 Å². The number of nitrogens with one attached hydrogen (secondary N) is 1. The highest BCUT2D eigenvalue weighted by molar-refractivity contribution is 5.78. The number of fused-ring (bicyclic) bond motifs is 1. The summed E-state index contributed by atoms with van der Waals surface area (Å²) in [4.78, 5) is 35.7. The van der Waals surface area contributed by atoms with Crippen molar-refractivity contribution >= 4 is 22.9 Å².